The molecular weight excluding hydrogens is 582 g/mol. The molecule has 0 unspecified atom stereocenters. The fourth-order valence-electron chi connectivity index (χ4n) is 9.33. The number of fused-ring (bicyclic) bond motifs is 5. The van der Waals surface area contributed by atoms with E-state index in [-0.39, 0.29) is 16.2 Å². The molecule has 0 heterocycles. The van der Waals surface area contributed by atoms with Gasteiger partial charge in [0, 0.05) is 0 Å². The molecule has 222 valence electrons. The minimum atomic E-state index is -2.75. The Morgan fingerprint density at radius 3 is 1.68 bits per heavy atom. The number of hydrogen-bond acceptors (Lipinski definition) is 0. The summed E-state index contributed by atoms with van der Waals surface area (Å²) in [6.45, 7) is 26.1. The van der Waals surface area contributed by atoms with Crippen LogP contribution in [0.1, 0.15) is 125 Å². The van der Waals surface area contributed by atoms with Crippen molar-refractivity contribution in [2.24, 2.45) is 5.41 Å². The Bertz CT molecular complexity index is 1830. The first-order valence-corrected chi connectivity index (χ1v) is 21.5. The summed E-state index contributed by atoms with van der Waals surface area (Å²) in [7, 11) is 0. The van der Waals surface area contributed by atoms with Crippen molar-refractivity contribution in [2.75, 3.05) is 0 Å². The third-order valence-corrected chi connectivity index (χ3v) is 21.5. The van der Waals surface area contributed by atoms with Crippen molar-refractivity contribution in [3.63, 3.8) is 0 Å². The standard InChI is InChI=1S/C25H25.C9H13.C9H10.Zn/c1-14-12-24(3,4)22-8-16-7-17-9-23-19(15(2)13-25(23,5)6)11-21(17)20(16)10-18(14)22;1-9(2,3)8-6-4-5-7-8;1-3-9-6-4-8(2)5-7-9;/h7-13H,1-6H3;6-7H,4H2,1-3H3;4-7H,1-2H3;. The topological polar surface area (TPSA) is 0 Å². The van der Waals surface area contributed by atoms with E-state index in [1.54, 1.807) is 19.4 Å². The number of allylic oxidation sites excluding steroid dienone is 8. The van der Waals surface area contributed by atoms with Crippen LogP contribution in [0.5, 0.6) is 0 Å². The van der Waals surface area contributed by atoms with Gasteiger partial charge in [-0.1, -0.05) is 0 Å². The van der Waals surface area contributed by atoms with Crippen LogP contribution in [0.2, 0.25) is 0 Å². The van der Waals surface area contributed by atoms with E-state index in [9.17, 15) is 0 Å². The molecule has 0 radical (unpaired) electrons. The van der Waals surface area contributed by atoms with Gasteiger partial charge in [0.25, 0.3) is 0 Å². The number of aryl methyl sites for hydroxylation is 1. The molecule has 0 aliphatic heterocycles. The normalized spacial score (nSPS) is 19.5. The Morgan fingerprint density at radius 1 is 0.727 bits per heavy atom. The molecule has 0 aromatic heterocycles. The van der Waals surface area contributed by atoms with Crippen LogP contribution in [0.4, 0.5) is 0 Å². The molecule has 0 fully saturated rings. The second-order valence-corrected chi connectivity index (χ2v) is 25.1. The van der Waals surface area contributed by atoms with E-state index in [4.69, 9.17) is 0 Å². The third-order valence-electron chi connectivity index (χ3n) is 11.6. The Morgan fingerprint density at radius 2 is 1.23 bits per heavy atom. The minimum absolute atomic E-state index is 0.0605. The summed E-state index contributed by atoms with van der Waals surface area (Å²) < 4.78 is 3.93. The molecule has 0 saturated carbocycles. The van der Waals surface area contributed by atoms with Crippen LogP contribution in [0.3, 0.4) is 0 Å². The quantitative estimate of drug-likeness (QED) is 0.253. The van der Waals surface area contributed by atoms with Crippen molar-refractivity contribution in [1.29, 1.82) is 0 Å². The summed E-state index contributed by atoms with van der Waals surface area (Å²) in [5.41, 5.74) is 19.6. The third kappa shape index (κ3) is 4.52. The monoisotopic (exact) mass is 628 g/mol. The van der Waals surface area contributed by atoms with Gasteiger partial charge in [0.15, 0.2) is 0 Å². The van der Waals surface area contributed by atoms with Gasteiger partial charge in [0.2, 0.25) is 0 Å². The van der Waals surface area contributed by atoms with E-state index in [2.05, 4.69) is 149 Å². The van der Waals surface area contributed by atoms with E-state index in [1.165, 1.54) is 61.2 Å². The average molecular weight is 630 g/mol. The number of benzene rings is 3. The molecule has 3 aromatic rings. The Hall–Kier alpha value is -2.89. The van der Waals surface area contributed by atoms with Crippen molar-refractivity contribution < 1.29 is 15.5 Å². The van der Waals surface area contributed by atoms with Crippen molar-refractivity contribution >= 4 is 15.3 Å². The summed E-state index contributed by atoms with van der Waals surface area (Å²) in [6, 6.07) is 19.9. The van der Waals surface area contributed by atoms with Crippen molar-refractivity contribution in [3.05, 3.63) is 127 Å². The number of hydrogen-bond donors (Lipinski definition) is 0. The molecule has 3 aromatic carbocycles. The number of rotatable bonds is 3. The zero-order valence-electron chi connectivity index (χ0n) is 28.9. The first-order chi connectivity index (χ1) is 20.6. The molecule has 1 heteroatoms. The van der Waals surface area contributed by atoms with E-state index >= 15 is 0 Å². The van der Waals surface area contributed by atoms with Gasteiger partial charge in [-0.05, 0) is 0 Å². The molecule has 0 amide bonds. The van der Waals surface area contributed by atoms with E-state index in [0.29, 0.717) is 4.51 Å². The predicted molar refractivity (Wildman–Crippen MR) is 188 cm³/mol. The summed E-state index contributed by atoms with van der Waals surface area (Å²) in [6.07, 6.45) is 11.3. The van der Waals surface area contributed by atoms with Crippen LogP contribution in [0.15, 0.2) is 82.6 Å². The second kappa shape index (κ2) is 9.80. The maximum absolute atomic E-state index is 2.75. The SMILES string of the molecule is CC1=CC(C)(C)c2cc3c(cc21)-c1cc2c(cc1[CH]3[Zn]([C]1=CC(C(C)(C)C)=CC1)=[C](C)c1ccc(C)cc1)C(C)(C)C=C2C. The molecule has 0 saturated heterocycles. The summed E-state index contributed by atoms with van der Waals surface area (Å²) in [5, 5.41) is 0. The first kappa shape index (κ1) is 29.8. The van der Waals surface area contributed by atoms with Gasteiger partial charge in [-0.15, -0.1) is 0 Å². The molecule has 0 N–H and O–H groups in total. The molecule has 7 rings (SSSR count). The van der Waals surface area contributed by atoms with E-state index in [0.717, 1.165) is 6.42 Å². The predicted octanol–water partition coefficient (Wildman–Crippen LogP) is 11.6. The van der Waals surface area contributed by atoms with Crippen molar-refractivity contribution in [2.45, 2.75) is 97.9 Å². The second-order valence-electron chi connectivity index (χ2n) is 16.8. The van der Waals surface area contributed by atoms with Crippen molar-refractivity contribution in [1.82, 2.24) is 0 Å². The molecule has 44 heavy (non-hydrogen) atoms. The zero-order chi connectivity index (χ0) is 31.5. The molecule has 0 atom stereocenters. The summed E-state index contributed by atoms with van der Waals surface area (Å²) >= 11 is -2.75. The van der Waals surface area contributed by atoms with Crippen molar-refractivity contribution in [3.8, 4) is 11.1 Å². The van der Waals surface area contributed by atoms with Crippen LogP contribution in [0, 0.1) is 12.3 Å². The van der Waals surface area contributed by atoms with Crippen LogP contribution in [0.25, 0.3) is 22.3 Å². The average Bonchev–Trinajstić information content (AvgIpc) is 3.66. The summed E-state index contributed by atoms with van der Waals surface area (Å²) in [4.78, 5) is 0. The Labute approximate surface area is 271 Å². The fraction of sp³-hybridized carbons (Fsp3) is 0.372. The molecule has 4 aliphatic carbocycles. The van der Waals surface area contributed by atoms with Gasteiger partial charge >= 0.3 is 272 Å². The van der Waals surface area contributed by atoms with Gasteiger partial charge in [-0.3, -0.25) is 0 Å². The van der Waals surface area contributed by atoms with E-state index in [1.807, 2.05) is 0 Å². The molecule has 4 aliphatic rings. The van der Waals surface area contributed by atoms with Gasteiger partial charge in [-0.2, -0.15) is 0 Å². The van der Waals surface area contributed by atoms with Crippen LogP contribution < -0.4 is 0 Å². The Balaban J connectivity index is 1.55. The van der Waals surface area contributed by atoms with Gasteiger partial charge in [0.05, 0.1) is 0 Å². The Kier molecular flexibility index (Phi) is 6.64. The molecule has 0 bridgehead atoms. The zero-order valence-corrected chi connectivity index (χ0v) is 31.9. The van der Waals surface area contributed by atoms with Crippen LogP contribution in [-0.4, -0.2) is 4.11 Å². The molecule has 0 nitrogen and oxygen atoms in total. The maximum atomic E-state index is 2.67. The van der Waals surface area contributed by atoms with E-state index < -0.39 is 15.5 Å². The molecular formula is C43H48Zn. The fourth-order valence-corrected chi connectivity index (χ4v) is 19.7. The molecule has 0 spiro atoms. The summed E-state index contributed by atoms with van der Waals surface area (Å²) in [5.74, 6) is 0. The first-order valence-electron chi connectivity index (χ1n) is 16.9. The van der Waals surface area contributed by atoms with Crippen LogP contribution in [-0.2, 0) is 26.3 Å². The van der Waals surface area contributed by atoms with Gasteiger partial charge in [0.1, 0.15) is 0 Å². The van der Waals surface area contributed by atoms with Gasteiger partial charge < -0.3 is 0 Å². The van der Waals surface area contributed by atoms with Crippen LogP contribution >= 0.6 is 0 Å². The van der Waals surface area contributed by atoms with Gasteiger partial charge in [-0.25, -0.2) is 0 Å².